The Kier molecular flexibility index (Phi) is 8.77. The van der Waals surface area contributed by atoms with Crippen LogP contribution in [0.3, 0.4) is 0 Å². The van der Waals surface area contributed by atoms with Crippen molar-refractivity contribution in [3.05, 3.63) is 30.4 Å². The number of aliphatic carboxylic acids is 1. The second kappa shape index (κ2) is 11.8. The number of allylic oxidation sites excluding steroid dienone is 1. The average Bonchev–Trinajstić information content (AvgIpc) is 3.49. The van der Waals surface area contributed by atoms with E-state index in [1.807, 2.05) is 0 Å². The first-order valence-corrected chi connectivity index (χ1v) is 18.8. The summed E-state index contributed by atoms with van der Waals surface area (Å²) in [6.07, 6.45) is 11.5. The molecule has 5 aliphatic rings. The number of ether oxygens (including phenoxy) is 2. The average molecular weight is 665 g/mol. The highest BCUT2D eigenvalue weighted by molar-refractivity contribution is 5.73. The molecule has 1 aromatic heterocycles. The minimum atomic E-state index is -0.621. The van der Waals surface area contributed by atoms with Gasteiger partial charge in [0.15, 0.2) is 0 Å². The summed E-state index contributed by atoms with van der Waals surface area (Å²) < 4.78 is 15.8. The van der Waals surface area contributed by atoms with Gasteiger partial charge in [0.2, 0.25) is 0 Å². The van der Waals surface area contributed by atoms with Gasteiger partial charge < -0.3 is 20.3 Å². The molecule has 2 bridgehead atoms. The number of nitrogens with two attached hydrogens (primary N) is 1. The third kappa shape index (κ3) is 4.81. The molecule has 0 aromatic carbocycles. The molecular weight excluding hydrogens is 600 g/mol. The van der Waals surface area contributed by atoms with E-state index < -0.39 is 17.4 Å². The van der Waals surface area contributed by atoms with Crippen LogP contribution in [0.25, 0.3) is 6.08 Å². The summed E-state index contributed by atoms with van der Waals surface area (Å²) in [5.74, 6) is 1.41. The lowest BCUT2D eigenvalue weighted by Gasteiger charge is -2.71. The van der Waals surface area contributed by atoms with Crippen LogP contribution in [0, 0.1) is 62.6 Å². The molecule has 6 rings (SSSR count). The van der Waals surface area contributed by atoms with Crippen LogP contribution in [0.4, 0.5) is 0 Å². The molecule has 12 atom stereocenters. The van der Waals surface area contributed by atoms with E-state index in [0.29, 0.717) is 43.5 Å². The van der Waals surface area contributed by atoms with Gasteiger partial charge >= 0.3 is 5.97 Å². The van der Waals surface area contributed by atoms with Crippen LogP contribution < -0.4 is 5.73 Å². The lowest BCUT2D eigenvalue weighted by molar-refractivity contribution is -0.252. The highest BCUT2D eigenvalue weighted by Crippen LogP contribution is 2.75. The zero-order valence-corrected chi connectivity index (χ0v) is 31.5. The number of rotatable bonds is 9. The zero-order valence-electron chi connectivity index (χ0n) is 31.5. The van der Waals surface area contributed by atoms with Gasteiger partial charge in [-0.1, -0.05) is 80.5 Å². The molecule has 8 heteroatoms. The summed E-state index contributed by atoms with van der Waals surface area (Å²) in [6, 6.07) is -0.0670. The predicted molar refractivity (Wildman–Crippen MR) is 190 cm³/mol. The first kappa shape index (κ1) is 35.8. The molecular formula is C40H64N4O4. The summed E-state index contributed by atoms with van der Waals surface area (Å²) in [5.41, 5.74) is 6.64. The smallest absolute Gasteiger partial charge is 0.307 e. The van der Waals surface area contributed by atoms with Crippen LogP contribution in [0.5, 0.6) is 0 Å². The van der Waals surface area contributed by atoms with Gasteiger partial charge in [-0.2, -0.15) is 5.10 Å². The van der Waals surface area contributed by atoms with Crippen molar-refractivity contribution >= 4 is 12.0 Å². The van der Waals surface area contributed by atoms with Gasteiger partial charge in [0.25, 0.3) is 0 Å². The molecule has 4 fully saturated rings. The van der Waals surface area contributed by atoms with E-state index in [9.17, 15) is 9.90 Å². The Labute approximate surface area is 289 Å². The number of carboxylic acids is 1. The third-order valence-electron chi connectivity index (χ3n) is 16.1. The first-order chi connectivity index (χ1) is 22.3. The number of hydrogen-bond acceptors (Lipinski definition) is 6. The molecule has 1 aromatic rings. The van der Waals surface area contributed by atoms with Crippen molar-refractivity contribution in [1.29, 1.82) is 0 Å². The lowest BCUT2D eigenvalue weighted by atomic mass is 9.34. The number of fused-ring (bicyclic) bond motifs is 3. The Morgan fingerprint density at radius 3 is 2.50 bits per heavy atom. The third-order valence-corrected chi connectivity index (χ3v) is 16.1. The van der Waals surface area contributed by atoms with Gasteiger partial charge in [-0.05, 0) is 97.4 Å². The van der Waals surface area contributed by atoms with Crippen LogP contribution in [-0.4, -0.2) is 57.3 Å². The van der Waals surface area contributed by atoms with Crippen molar-refractivity contribution in [3.63, 3.8) is 0 Å². The molecule has 3 saturated carbocycles. The number of aromatic nitrogens is 3. The van der Waals surface area contributed by atoms with Crippen molar-refractivity contribution in [3.8, 4) is 0 Å². The summed E-state index contributed by atoms with van der Waals surface area (Å²) >= 11 is 0. The van der Waals surface area contributed by atoms with Crippen LogP contribution >= 0.6 is 0 Å². The van der Waals surface area contributed by atoms with E-state index >= 15 is 0 Å². The fourth-order valence-electron chi connectivity index (χ4n) is 12.2. The van der Waals surface area contributed by atoms with Gasteiger partial charge in [-0.3, -0.25) is 4.79 Å². The first-order valence-electron chi connectivity index (χ1n) is 18.8. The molecule has 1 aliphatic heterocycles. The molecule has 8 nitrogen and oxygen atoms in total. The Hall–Kier alpha value is -2.03. The van der Waals surface area contributed by atoms with Crippen molar-refractivity contribution in [2.75, 3.05) is 19.8 Å². The normalized spacial score (nSPS) is 44.2. The standard InChI is InChI=1S/C40H64N4O4/c1-12-31-42-23-43-44(31)29-19-40-22-47-20-36(8,33(29)48-21-39(11,41)25(4)5)30(40)14-13-27-28(40)15-16-38(10)32(34(45)46)35(7,26(6)24(2)3)17-18-37(27,38)9/h12,15,23-27,29-30,32-33H,1,13-14,16-22,41H2,2-11H3,(H,45,46)/t26-,27+,29-,30+,32-,33+,35-,36-,37-,38+,39+,40+/m1/s1. The fourth-order valence-corrected chi connectivity index (χ4v) is 12.2. The lowest BCUT2D eigenvalue weighted by Crippen LogP contribution is -2.69. The van der Waals surface area contributed by atoms with Crippen molar-refractivity contribution in [2.45, 2.75) is 125 Å². The highest BCUT2D eigenvalue weighted by atomic mass is 16.5. The van der Waals surface area contributed by atoms with E-state index in [4.69, 9.17) is 20.3 Å². The predicted octanol–water partition coefficient (Wildman–Crippen LogP) is 7.81. The van der Waals surface area contributed by atoms with Crippen LogP contribution in [0.2, 0.25) is 0 Å². The van der Waals surface area contributed by atoms with E-state index in [0.717, 1.165) is 44.3 Å². The van der Waals surface area contributed by atoms with Gasteiger partial charge in [0, 0.05) is 16.4 Å². The fraction of sp³-hybridized carbons (Fsp3) is 0.825. The molecule has 0 unspecified atom stereocenters. The number of hydrogen-bond donors (Lipinski definition) is 2. The molecule has 1 saturated heterocycles. The maximum Gasteiger partial charge on any atom is 0.307 e. The topological polar surface area (TPSA) is 112 Å². The quantitative estimate of drug-likeness (QED) is 0.259. The maximum atomic E-state index is 13.5. The van der Waals surface area contributed by atoms with Crippen LogP contribution in [-0.2, 0) is 14.3 Å². The van der Waals surface area contributed by atoms with Gasteiger partial charge in [0.05, 0.1) is 37.9 Å². The molecule has 0 amide bonds. The Morgan fingerprint density at radius 1 is 1.17 bits per heavy atom. The second-order valence-corrected chi connectivity index (χ2v) is 18.8. The molecule has 268 valence electrons. The monoisotopic (exact) mass is 664 g/mol. The van der Waals surface area contributed by atoms with E-state index in [1.54, 1.807) is 12.4 Å². The summed E-state index contributed by atoms with van der Waals surface area (Å²) in [7, 11) is 0. The molecule has 0 spiro atoms. The van der Waals surface area contributed by atoms with E-state index in [1.165, 1.54) is 5.57 Å². The minimum Gasteiger partial charge on any atom is -0.481 e. The van der Waals surface area contributed by atoms with Gasteiger partial charge in [-0.25, -0.2) is 9.67 Å². The minimum absolute atomic E-state index is 0.0670. The summed E-state index contributed by atoms with van der Waals surface area (Å²) in [6.45, 7) is 28.5. The van der Waals surface area contributed by atoms with Crippen molar-refractivity contribution in [2.24, 2.45) is 68.3 Å². The number of carboxylic acid groups (broad SMARTS) is 1. The Balaban J connectivity index is 1.46. The van der Waals surface area contributed by atoms with Crippen molar-refractivity contribution in [1.82, 2.24) is 14.8 Å². The van der Waals surface area contributed by atoms with E-state index in [2.05, 4.69) is 91.6 Å². The highest BCUT2D eigenvalue weighted by Gasteiger charge is 2.72. The maximum absolute atomic E-state index is 13.5. The molecule has 4 aliphatic carbocycles. The van der Waals surface area contributed by atoms with Crippen LogP contribution in [0.15, 0.2) is 24.6 Å². The summed E-state index contributed by atoms with van der Waals surface area (Å²) in [4.78, 5) is 18.0. The Morgan fingerprint density at radius 2 is 1.88 bits per heavy atom. The number of nitrogens with zero attached hydrogens (tertiary/aromatic N) is 3. The largest absolute Gasteiger partial charge is 0.481 e. The molecule has 3 N–H and O–H groups in total. The van der Waals surface area contributed by atoms with Crippen molar-refractivity contribution < 1.29 is 19.4 Å². The summed E-state index contributed by atoms with van der Waals surface area (Å²) in [5, 5.41) is 15.9. The van der Waals surface area contributed by atoms with E-state index in [-0.39, 0.29) is 45.1 Å². The second-order valence-electron chi connectivity index (χ2n) is 18.8. The molecule has 2 heterocycles. The van der Waals surface area contributed by atoms with Gasteiger partial charge in [0.1, 0.15) is 12.2 Å². The zero-order chi connectivity index (χ0) is 35.2. The van der Waals surface area contributed by atoms with Gasteiger partial charge in [-0.15, -0.1) is 0 Å². The SMILES string of the molecule is C=Cc1ncnn1[C@@H]1C[C@@]23COC[C@](C)([C@@H]2CC[C@H]2C3=CC[C@@]3(C)[C@H](C(=O)O)[C@@](C)([C@H](C)C(C)C)CC[C@]23C)[C@H]1OC[C@](C)(N)C(C)C. The number of carbonyl (C=O) groups is 1. The molecule has 0 radical (unpaired) electrons. The Bertz CT molecular complexity index is 1450. The van der Waals surface area contributed by atoms with Crippen LogP contribution in [0.1, 0.15) is 120 Å². The molecule has 48 heavy (non-hydrogen) atoms.